The fraction of sp³-hybridized carbons (Fsp3) is 0.478. The lowest BCUT2D eigenvalue weighted by atomic mass is 9.90. The van der Waals surface area contributed by atoms with Crippen LogP contribution in [-0.4, -0.2) is 36.7 Å². The maximum absolute atomic E-state index is 6.95. The molecule has 1 saturated heterocycles. The van der Waals surface area contributed by atoms with Gasteiger partial charge in [0.05, 0.1) is 24.4 Å². The molecule has 4 rings (SSSR count). The Hall–Kier alpha value is -1.40. The van der Waals surface area contributed by atoms with Gasteiger partial charge in [-0.1, -0.05) is 53.2 Å². The van der Waals surface area contributed by atoms with Crippen LogP contribution in [0.25, 0.3) is 0 Å². The van der Waals surface area contributed by atoms with Crippen LogP contribution in [0.2, 0.25) is 0 Å². The summed E-state index contributed by atoms with van der Waals surface area (Å²) in [6, 6.07) is 15.1. The summed E-state index contributed by atoms with van der Waals surface area (Å²) in [6.07, 6.45) is 0.974. The molecule has 1 unspecified atom stereocenters. The van der Waals surface area contributed by atoms with Gasteiger partial charge in [0.15, 0.2) is 0 Å². The lowest BCUT2D eigenvalue weighted by Crippen LogP contribution is -2.54. The number of aryl methyl sites for hydroxylation is 1. The third kappa shape index (κ3) is 3.18. The minimum Gasteiger partial charge on any atom is -0.379 e. The number of fused-ring (bicyclic) bond motifs is 1. The largest absolute Gasteiger partial charge is 0.379 e. The summed E-state index contributed by atoms with van der Waals surface area (Å²) in [7, 11) is 0. The first-order valence-corrected chi connectivity index (χ1v) is 10.9. The molecule has 2 aromatic rings. The van der Waals surface area contributed by atoms with E-state index in [-0.39, 0.29) is 5.54 Å². The minimum absolute atomic E-state index is 0.170. The number of halogens is 1. The molecule has 0 bridgehead atoms. The topological polar surface area (TPSA) is 24.9 Å². The van der Waals surface area contributed by atoms with Crippen molar-refractivity contribution in [1.29, 1.82) is 0 Å². The molecule has 5 heteroatoms. The molecule has 4 nitrogen and oxygen atoms in total. The Balaban J connectivity index is 1.98. The van der Waals surface area contributed by atoms with Crippen molar-refractivity contribution in [2.24, 2.45) is 0 Å². The monoisotopic (exact) mass is 444 g/mol. The Morgan fingerprint density at radius 3 is 2.36 bits per heavy atom. The van der Waals surface area contributed by atoms with Crippen molar-refractivity contribution in [1.82, 2.24) is 4.90 Å². The van der Waals surface area contributed by atoms with E-state index in [2.05, 4.69) is 96.1 Å². The molecule has 0 saturated carbocycles. The fourth-order valence-electron chi connectivity index (χ4n) is 4.21. The van der Waals surface area contributed by atoms with Crippen LogP contribution in [0.1, 0.15) is 44.4 Å². The molecule has 1 atom stereocenters. The zero-order valence-electron chi connectivity index (χ0n) is 17.2. The van der Waals surface area contributed by atoms with Crippen LogP contribution in [0.3, 0.4) is 0 Å². The van der Waals surface area contributed by atoms with E-state index in [0.29, 0.717) is 0 Å². The molecule has 150 valence electrons. The second-order valence-corrected chi connectivity index (χ2v) is 9.33. The van der Waals surface area contributed by atoms with E-state index in [1.165, 1.54) is 11.1 Å². The van der Waals surface area contributed by atoms with Crippen LogP contribution in [0, 0.1) is 0 Å². The quantitative estimate of drug-likeness (QED) is 0.657. The maximum atomic E-state index is 6.95. The molecule has 28 heavy (non-hydrogen) atoms. The van der Waals surface area contributed by atoms with Gasteiger partial charge in [-0.25, -0.2) is 9.90 Å². The number of hydrogen-bond donors (Lipinski definition) is 0. The number of morpholine rings is 1. The molecule has 0 radical (unpaired) electrons. The first-order valence-electron chi connectivity index (χ1n) is 10.1. The third-order valence-corrected chi connectivity index (χ3v) is 6.32. The lowest BCUT2D eigenvalue weighted by molar-refractivity contribution is -0.163. The molecule has 2 heterocycles. The highest BCUT2D eigenvalue weighted by molar-refractivity contribution is 9.10. The average molecular weight is 445 g/mol. The Kier molecular flexibility index (Phi) is 5.29. The predicted molar refractivity (Wildman–Crippen MR) is 116 cm³/mol. The van der Waals surface area contributed by atoms with Crippen LogP contribution < -0.4 is 5.06 Å². The average Bonchev–Trinajstić information content (AvgIpc) is 3.04. The van der Waals surface area contributed by atoms with Gasteiger partial charge in [0.25, 0.3) is 0 Å². The van der Waals surface area contributed by atoms with E-state index < -0.39 is 5.72 Å². The summed E-state index contributed by atoms with van der Waals surface area (Å²) in [5.74, 6) is 0. The fourth-order valence-corrected chi connectivity index (χ4v) is 4.83. The molecule has 2 aliphatic rings. The number of benzene rings is 2. The highest BCUT2D eigenvalue weighted by atomic mass is 79.9. The first kappa shape index (κ1) is 19.9. The summed E-state index contributed by atoms with van der Waals surface area (Å²) in [5.41, 5.74) is 3.98. The number of hydrogen-bond acceptors (Lipinski definition) is 4. The van der Waals surface area contributed by atoms with Crippen LogP contribution in [0.15, 0.2) is 46.9 Å². The van der Waals surface area contributed by atoms with E-state index in [0.717, 1.165) is 48.4 Å². The molecule has 0 aliphatic carbocycles. The van der Waals surface area contributed by atoms with E-state index in [9.17, 15) is 0 Å². The van der Waals surface area contributed by atoms with Crippen LogP contribution >= 0.6 is 15.9 Å². The normalized spacial score (nSPS) is 23.1. The number of ether oxygens (including phenoxy) is 1. The molecule has 1 fully saturated rings. The van der Waals surface area contributed by atoms with Crippen LogP contribution in [0.5, 0.6) is 0 Å². The summed E-state index contributed by atoms with van der Waals surface area (Å²) in [6.45, 7) is 11.9. The zero-order valence-corrected chi connectivity index (χ0v) is 18.8. The number of hydroxylamine groups is 1. The summed E-state index contributed by atoms with van der Waals surface area (Å²) >= 11 is 3.81. The number of anilines is 1. The van der Waals surface area contributed by atoms with E-state index in [1.807, 2.05) is 0 Å². The molecule has 2 aliphatic heterocycles. The number of rotatable bonds is 3. The lowest BCUT2D eigenvalue weighted by Gasteiger charge is -2.44. The van der Waals surface area contributed by atoms with Gasteiger partial charge >= 0.3 is 0 Å². The minimum atomic E-state index is -0.650. The van der Waals surface area contributed by atoms with Crippen molar-refractivity contribution in [2.75, 3.05) is 31.4 Å². The van der Waals surface area contributed by atoms with Crippen molar-refractivity contribution in [3.63, 3.8) is 0 Å². The van der Waals surface area contributed by atoms with Crippen LogP contribution in [0.4, 0.5) is 5.69 Å². The highest BCUT2D eigenvalue weighted by Gasteiger charge is 2.53. The standard InChI is InChI=1S/C23H29BrN2O2/c1-5-17-15-21-19(16-20(17)24)23(18-9-7-6-8-10-18,25-11-13-27-14-12-25)28-26(21)22(2,3)4/h6-10,15-16H,5,11-14H2,1-4H3. The van der Waals surface area contributed by atoms with Crippen molar-refractivity contribution in [2.45, 2.75) is 45.4 Å². The van der Waals surface area contributed by atoms with Gasteiger partial charge in [0.2, 0.25) is 5.72 Å². The second kappa shape index (κ2) is 7.45. The Morgan fingerprint density at radius 1 is 1.07 bits per heavy atom. The van der Waals surface area contributed by atoms with E-state index >= 15 is 0 Å². The van der Waals surface area contributed by atoms with Gasteiger partial charge in [0, 0.05) is 28.7 Å². The summed E-state index contributed by atoms with van der Waals surface area (Å²) in [5, 5.41) is 2.11. The molecular weight excluding hydrogens is 416 g/mol. The van der Waals surface area contributed by atoms with Gasteiger partial charge < -0.3 is 4.74 Å². The molecule has 0 amide bonds. The van der Waals surface area contributed by atoms with E-state index in [1.54, 1.807) is 0 Å². The molecular formula is C23H29BrN2O2. The third-order valence-electron chi connectivity index (χ3n) is 5.58. The Bertz CT molecular complexity index is 844. The van der Waals surface area contributed by atoms with Gasteiger partial charge in [-0.3, -0.25) is 4.90 Å². The highest BCUT2D eigenvalue weighted by Crippen LogP contribution is 2.52. The number of nitrogens with zero attached hydrogens (tertiary/aromatic N) is 2. The second-order valence-electron chi connectivity index (χ2n) is 8.48. The molecule has 0 spiro atoms. The van der Waals surface area contributed by atoms with E-state index in [4.69, 9.17) is 9.57 Å². The SMILES string of the molecule is CCc1cc2c(cc1Br)C(c1ccccc1)(N1CCOCC1)ON2C(C)(C)C. The molecule has 0 N–H and O–H groups in total. The Morgan fingerprint density at radius 2 is 1.75 bits per heavy atom. The smallest absolute Gasteiger partial charge is 0.203 e. The summed E-state index contributed by atoms with van der Waals surface area (Å²) in [4.78, 5) is 9.37. The maximum Gasteiger partial charge on any atom is 0.203 e. The van der Waals surface area contributed by atoms with Crippen molar-refractivity contribution in [3.8, 4) is 0 Å². The van der Waals surface area contributed by atoms with Gasteiger partial charge in [-0.15, -0.1) is 0 Å². The first-order chi connectivity index (χ1) is 13.4. The van der Waals surface area contributed by atoms with Crippen LogP contribution in [-0.2, 0) is 21.7 Å². The van der Waals surface area contributed by atoms with Crippen molar-refractivity contribution >= 4 is 21.6 Å². The van der Waals surface area contributed by atoms with Gasteiger partial charge in [0.1, 0.15) is 0 Å². The zero-order chi connectivity index (χ0) is 19.9. The summed E-state index contributed by atoms with van der Waals surface area (Å²) < 4.78 is 6.80. The predicted octanol–water partition coefficient (Wildman–Crippen LogP) is 5.09. The molecule has 2 aromatic carbocycles. The van der Waals surface area contributed by atoms with Crippen molar-refractivity contribution < 1.29 is 9.57 Å². The molecule has 0 aromatic heterocycles. The van der Waals surface area contributed by atoms with Crippen molar-refractivity contribution in [3.05, 3.63) is 63.6 Å². The van der Waals surface area contributed by atoms with Gasteiger partial charge in [-0.2, -0.15) is 0 Å². The Labute approximate surface area is 176 Å². The van der Waals surface area contributed by atoms with Gasteiger partial charge in [-0.05, 0) is 44.9 Å².